The highest BCUT2D eigenvalue weighted by atomic mass is 31.1. The van der Waals surface area contributed by atoms with Gasteiger partial charge in [0.2, 0.25) is 0 Å². The van der Waals surface area contributed by atoms with E-state index in [1.165, 1.54) is 7.11 Å². The van der Waals surface area contributed by atoms with Gasteiger partial charge in [-0.1, -0.05) is 0 Å². The fourth-order valence-corrected chi connectivity index (χ4v) is 3.98. The molecule has 0 aliphatic heterocycles. The summed E-state index contributed by atoms with van der Waals surface area (Å²) in [6.45, 7) is 2.63. The number of carbonyl (C=O) groups excluding carboxylic acids is 1. The lowest BCUT2D eigenvalue weighted by Gasteiger charge is -2.36. The van der Waals surface area contributed by atoms with Crippen LogP contribution in [0.4, 0.5) is 0 Å². The summed E-state index contributed by atoms with van der Waals surface area (Å²) in [6, 6.07) is -0.587. The number of aliphatic hydroxyl groups is 1. The van der Waals surface area contributed by atoms with Gasteiger partial charge in [0.1, 0.15) is 6.04 Å². The van der Waals surface area contributed by atoms with Gasteiger partial charge in [0.15, 0.2) is 0 Å². The van der Waals surface area contributed by atoms with E-state index in [1.807, 2.05) is 6.92 Å². The number of rotatable bonds is 9. The van der Waals surface area contributed by atoms with E-state index in [4.69, 9.17) is 20.0 Å². The Morgan fingerprint density at radius 3 is 2.81 bits per heavy atom. The monoisotopic (exact) mass is 321 g/mol. The van der Waals surface area contributed by atoms with E-state index in [-0.39, 0.29) is 12.6 Å². The zero-order valence-electron chi connectivity index (χ0n) is 12.9. The Bertz CT molecular complexity index is 305. The van der Waals surface area contributed by atoms with Crippen molar-refractivity contribution in [3.63, 3.8) is 0 Å². The lowest BCUT2D eigenvalue weighted by Crippen LogP contribution is -2.38. The zero-order chi connectivity index (χ0) is 15.7. The van der Waals surface area contributed by atoms with Crippen LogP contribution in [0, 0.1) is 17.8 Å². The highest BCUT2D eigenvalue weighted by Gasteiger charge is 2.32. The van der Waals surface area contributed by atoms with Gasteiger partial charge in [-0.3, -0.25) is 4.79 Å². The summed E-state index contributed by atoms with van der Waals surface area (Å²) >= 11 is 0. The lowest BCUT2D eigenvalue weighted by atomic mass is 9.72. The van der Waals surface area contributed by atoms with E-state index < -0.39 is 6.04 Å². The standard InChI is InChI=1S/C14H28NO5P/c1-3-19-20-21-9-11-5-4-10(8-16)6-12(11)7-13(15)14(17)18-2/h10-13,16,21H,3-9,15H2,1-2H3. The smallest absolute Gasteiger partial charge is 0.322 e. The van der Waals surface area contributed by atoms with Crippen molar-refractivity contribution in [3.05, 3.63) is 0 Å². The van der Waals surface area contributed by atoms with Crippen LogP contribution in [0.1, 0.15) is 32.6 Å². The van der Waals surface area contributed by atoms with Crippen LogP contribution in [0.3, 0.4) is 0 Å². The Labute approximate surface area is 128 Å². The maximum Gasteiger partial charge on any atom is 0.322 e. The second kappa shape index (κ2) is 10.5. The topological polar surface area (TPSA) is 91.0 Å². The SMILES string of the molecule is CCOOPCC1CCC(CO)CC1CC(N)C(=O)OC. The average Bonchev–Trinajstić information content (AvgIpc) is 2.51. The molecule has 0 saturated heterocycles. The van der Waals surface area contributed by atoms with Crippen LogP contribution < -0.4 is 5.73 Å². The Morgan fingerprint density at radius 1 is 1.43 bits per heavy atom. The first-order valence-corrected chi connectivity index (χ1v) is 8.69. The summed E-state index contributed by atoms with van der Waals surface area (Å²) in [4.78, 5) is 16.4. The molecule has 0 aromatic rings. The first-order chi connectivity index (χ1) is 10.1. The van der Waals surface area contributed by atoms with Crippen molar-refractivity contribution in [1.29, 1.82) is 0 Å². The van der Waals surface area contributed by atoms with Crippen LogP contribution in [0.25, 0.3) is 0 Å². The molecule has 21 heavy (non-hydrogen) atoms. The Hall–Kier alpha value is -0.260. The van der Waals surface area contributed by atoms with Crippen molar-refractivity contribution in [2.45, 2.75) is 38.6 Å². The van der Waals surface area contributed by atoms with Gasteiger partial charge in [-0.25, -0.2) is 9.56 Å². The predicted molar refractivity (Wildman–Crippen MR) is 81.9 cm³/mol. The zero-order valence-corrected chi connectivity index (χ0v) is 13.9. The van der Waals surface area contributed by atoms with Crippen LogP contribution in [0.2, 0.25) is 0 Å². The van der Waals surface area contributed by atoms with Crippen molar-refractivity contribution >= 4 is 14.8 Å². The van der Waals surface area contributed by atoms with E-state index in [9.17, 15) is 9.90 Å². The summed E-state index contributed by atoms with van der Waals surface area (Å²) in [5.41, 5.74) is 5.89. The third kappa shape index (κ3) is 6.57. The van der Waals surface area contributed by atoms with E-state index in [0.29, 0.717) is 39.6 Å². The van der Waals surface area contributed by atoms with Crippen LogP contribution in [-0.4, -0.2) is 43.6 Å². The van der Waals surface area contributed by atoms with Crippen molar-refractivity contribution in [2.24, 2.45) is 23.5 Å². The highest BCUT2D eigenvalue weighted by molar-refractivity contribution is 7.32. The minimum atomic E-state index is -0.587. The van der Waals surface area contributed by atoms with E-state index in [1.54, 1.807) is 0 Å². The van der Waals surface area contributed by atoms with Gasteiger partial charge in [-0.05, 0) is 56.5 Å². The molecule has 0 amide bonds. The molecule has 1 aliphatic rings. The molecule has 7 heteroatoms. The first kappa shape index (κ1) is 18.8. The molecule has 0 radical (unpaired) electrons. The molecule has 1 rings (SSSR count). The number of aliphatic hydroxyl groups excluding tert-OH is 1. The summed E-state index contributed by atoms with van der Waals surface area (Å²) in [7, 11) is 1.65. The highest BCUT2D eigenvalue weighted by Crippen LogP contribution is 2.39. The summed E-state index contributed by atoms with van der Waals surface area (Å²) < 4.78 is 9.81. The Kier molecular flexibility index (Phi) is 9.36. The number of carbonyl (C=O) groups is 1. The van der Waals surface area contributed by atoms with E-state index in [2.05, 4.69) is 0 Å². The minimum Gasteiger partial charge on any atom is -0.468 e. The fraction of sp³-hybridized carbons (Fsp3) is 0.929. The molecule has 1 saturated carbocycles. The molecule has 0 aromatic carbocycles. The molecule has 124 valence electrons. The van der Waals surface area contributed by atoms with Crippen molar-refractivity contribution in [2.75, 3.05) is 26.5 Å². The van der Waals surface area contributed by atoms with Crippen LogP contribution >= 0.6 is 8.81 Å². The molecule has 0 aromatic heterocycles. The molecule has 5 unspecified atom stereocenters. The van der Waals surface area contributed by atoms with Crippen LogP contribution in [-0.2, 0) is 19.1 Å². The number of nitrogens with two attached hydrogens (primary N) is 1. The Balaban J connectivity index is 2.50. The number of hydrogen-bond donors (Lipinski definition) is 2. The molecule has 0 heterocycles. The van der Waals surface area contributed by atoms with Gasteiger partial charge < -0.3 is 15.6 Å². The summed E-state index contributed by atoms with van der Waals surface area (Å²) in [6.07, 6.45) is 4.48. The largest absolute Gasteiger partial charge is 0.468 e. The van der Waals surface area contributed by atoms with E-state index in [0.717, 1.165) is 25.4 Å². The van der Waals surface area contributed by atoms with Gasteiger partial charge >= 0.3 is 5.97 Å². The summed E-state index contributed by atoms with van der Waals surface area (Å²) in [5, 5.41) is 9.36. The van der Waals surface area contributed by atoms with Crippen molar-refractivity contribution in [1.82, 2.24) is 0 Å². The van der Waals surface area contributed by atoms with Gasteiger partial charge in [-0.15, -0.1) is 0 Å². The molecule has 5 atom stereocenters. The Morgan fingerprint density at radius 2 is 2.19 bits per heavy atom. The summed E-state index contributed by atoms with van der Waals surface area (Å²) in [5.74, 6) is 0.727. The molecular weight excluding hydrogens is 293 g/mol. The normalized spacial score (nSPS) is 27.9. The quantitative estimate of drug-likeness (QED) is 0.220. The second-order valence-electron chi connectivity index (χ2n) is 5.59. The van der Waals surface area contributed by atoms with Crippen LogP contribution in [0.5, 0.6) is 0 Å². The molecule has 0 spiro atoms. The minimum absolute atomic E-state index is 0.203. The van der Waals surface area contributed by atoms with Gasteiger partial charge in [0.05, 0.1) is 22.5 Å². The average molecular weight is 321 g/mol. The van der Waals surface area contributed by atoms with Crippen LogP contribution in [0.15, 0.2) is 0 Å². The van der Waals surface area contributed by atoms with Crippen molar-refractivity contribution in [3.8, 4) is 0 Å². The third-order valence-corrected chi connectivity index (χ3v) is 5.08. The third-order valence-electron chi connectivity index (χ3n) is 4.15. The van der Waals surface area contributed by atoms with Crippen molar-refractivity contribution < 1.29 is 24.2 Å². The fourth-order valence-electron chi connectivity index (χ4n) is 2.96. The first-order valence-electron chi connectivity index (χ1n) is 7.57. The molecule has 1 aliphatic carbocycles. The number of ether oxygens (including phenoxy) is 1. The predicted octanol–water partition coefficient (Wildman–Crippen LogP) is 1.46. The molecule has 3 N–H and O–H groups in total. The number of esters is 1. The second-order valence-corrected chi connectivity index (χ2v) is 6.45. The number of hydrogen-bond acceptors (Lipinski definition) is 6. The molecular formula is C14H28NO5P. The maximum absolute atomic E-state index is 11.5. The molecule has 6 nitrogen and oxygen atoms in total. The number of methoxy groups -OCH3 is 1. The van der Waals surface area contributed by atoms with Gasteiger partial charge in [-0.2, -0.15) is 0 Å². The van der Waals surface area contributed by atoms with E-state index >= 15 is 0 Å². The maximum atomic E-state index is 11.5. The van der Waals surface area contributed by atoms with Gasteiger partial charge in [0, 0.05) is 6.61 Å². The molecule has 0 bridgehead atoms. The molecule has 1 fully saturated rings. The lowest BCUT2D eigenvalue weighted by molar-refractivity contribution is -0.191. The van der Waals surface area contributed by atoms with Gasteiger partial charge in [0.25, 0.3) is 0 Å².